The molecule has 0 bridgehead atoms. The largest absolute Gasteiger partial charge is 0.321 e. The summed E-state index contributed by atoms with van der Waals surface area (Å²) < 4.78 is 0. The minimum absolute atomic E-state index is 0.197. The molecule has 0 radical (unpaired) electrons. The van der Waals surface area contributed by atoms with Crippen molar-refractivity contribution in [1.29, 1.82) is 5.26 Å². The molecule has 0 aliphatic carbocycles. The van der Waals surface area contributed by atoms with Crippen LogP contribution in [0.1, 0.15) is 22.8 Å². The number of hydrogen-bond acceptors (Lipinski definition) is 3. The van der Waals surface area contributed by atoms with Gasteiger partial charge >= 0.3 is 0 Å². The molecule has 2 N–H and O–H groups in total. The zero-order valence-corrected chi connectivity index (χ0v) is 7.32. The highest BCUT2D eigenvalue weighted by Crippen LogP contribution is 2.09. The highest BCUT2D eigenvalue weighted by Gasteiger charge is 2.13. The highest BCUT2D eigenvalue weighted by molar-refractivity contribution is 6.01. The first kappa shape index (κ1) is 9.43. The number of carbonyl (C=O) groups excluding carboxylic acids is 1. The number of ketones is 1. The van der Waals surface area contributed by atoms with E-state index in [2.05, 4.69) is 0 Å². The quantitative estimate of drug-likeness (QED) is 0.682. The van der Waals surface area contributed by atoms with Crippen molar-refractivity contribution in [2.45, 2.75) is 13.0 Å². The van der Waals surface area contributed by atoms with Crippen LogP contribution in [0, 0.1) is 11.3 Å². The van der Waals surface area contributed by atoms with E-state index in [0.717, 1.165) is 0 Å². The van der Waals surface area contributed by atoms with Crippen molar-refractivity contribution in [3.05, 3.63) is 35.4 Å². The second-order valence-electron chi connectivity index (χ2n) is 2.81. The molecule has 3 heteroatoms. The lowest BCUT2D eigenvalue weighted by Gasteiger charge is -2.04. The number of nitrogens with two attached hydrogens (primary N) is 1. The maximum absolute atomic E-state index is 11.4. The molecule has 0 saturated carbocycles. The van der Waals surface area contributed by atoms with Gasteiger partial charge in [0.05, 0.1) is 17.7 Å². The van der Waals surface area contributed by atoms with Gasteiger partial charge in [-0.05, 0) is 13.0 Å². The fraction of sp³-hybridized carbons (Fsp3) is 0.200. The first-order valence-corrected chi connectivity index (χ1v) is 3.95. The van der Waals surface area contributed by atoms with Crippen LogP contribution in [0.25, 0.3) is 0 Å². The average molecular weight is 174 g/mol. The third kappa shape index (κ3) is 1.92. The van der Waals surface area contributed by atoms with Crippen molar-refractivity contribution >= 4 is 5.78 Å². The SMILES string of the molecule is CC(N)C(=O)c1ccccc1C#N. The van der Waals surface area contributed by atoms with Crippen LogP contribution in [0.4, 0.5) is 0 Å². The predicted molar refractivity (Wildman–Crippen MR) is 49.1 cm³/mol. The summed E-state index contributed by atoms with van der Waals surface area (Å²) >= 11 is 0. The van der Waals surface area contributed by atoms with Gasteiger partial charge in [-0.3, -0.25) is 4.79 Å². The molecule has 0 aliphatic rings. The molecule has 0 heterocycles. The van der Waals surface area contributed by atoms with Crippen molar-refractivity contribution in [3.8, 4) is 6.07 Å². The predicted octanol–water partition coefficient (Wildman–Crippen LogP) is 1.09. The fourth-order valence-electron chi connectivity index (χ4n) is 1.04. The topological polar surface area (TPSA) is 66.9 Å². The molecule has 1 rings (SSSR count). The smallest absolute Gasteiger partial charge is 0.180 e. The Hall–Kier alpha value is -1.66. The zero-order valence-electron chi connectivity index (χ0n) is 7.32. The van der Waals surface area contributed by atoms with E-state index in [-0.39, 0.29) is 5.78 Å². The molecule has 0 amide bonds. The maximum atomic E-state index is 11.4. The van der Waals surface area contributed by atoms with Crippen molar-refractivity contribution in [3.63, 3.8) is 0 Å². The van der Waals surface area contributed by atoms with E-state index in [9.17, 15) is 4.79 Å². The Bertz CT molecular complexity index is 363. The van der Waals surface area contributed by atoms with Crippen LogP contribution >= 0.6 is 0 Å². The van der Waals surface area contributed by atoms with E-state index in [1.807, 2.05) is 6.07 Å². The van der Waals surface area contributed by atoms with Crippen molar-refractivity contribution in [2.75, 3.05) is 0 Å². The Labute approximate surface area is 76.8 Å². The molecule has 1 aromatic rings. The number of Topliss-reactive ketones (excluding diaryl/α,β-unsaturated/α-hetero) is 1. The van der Waals surface area contributed by atoms with Crippen LogP contribution in [-0.4, -0.2) is 11.8 Å². The minimum atomic E-state index is -0.561. The first-order valence-electron chi connectivity index (χ1n) is 3.95. The van der Waals surface area contributed by atoms with Gasteiger partial charge in [-0.25, -0.2) is 0 Å². The van der Waals surface area contributed by atoms with E-state index < -0.39 is 6.04 Å². The normalized spacial score (nSPS) is 11.8. The number of carbonyl (C=O) groups is 1. The van der Waals surface area contributed by atoms with Gasteiger partial charge in [0.2, 0.25) is 0 Å². The molecular weight excluding hydrogens is 164 g/mol. The van der Waals surface area contributed by atoms with Gasteiger partial charge in [0, 0.05) is 5.56 Å². The van der Waals surface area contributed by atoms with E-state index in [1.165, 1.54) is 0 Å². The van der Waals surface area contributed by atoms with Gasteiger partial charge in [0.1, 0.15) is 0 Å². The van der Waals surface area contributed by atoms with Gasteiger partial charge in [0.25, 0.3) is 0 Å². The van der Waals surface area contributed by atoms with Crippen LogP contribution in [0.5, 0.6) is 0 Å². The summed E-state index contributed by atoms with van der Waals surface area (Å²) in [5, 5.41) is 8.71. The molecule has 0 aliphatic heterocycles. The lowest BCUT2D eigenvalue weighted by Crippen LogP contribution is -2.27. The Morgan fingerprint density at radius 1 is 1.54 bits per heavy atom. The van der Waals surface area contributed by atoms with E-state index in [1.54, 1.807) is 31.2 Å². The summed E-state index contributed by atoms with van der Waals surface area (Å²) in [6.45, 7) is 1.61. The summed E-state index contributed by atoms with van der Waals surface area (Å²) in [6.07, 6.45) is 0. The lowest BCUT2D eigenvalue weighted by atomic mass is 10.0. The number of hydrogen-bond donors (Lipinski definition) is 1. The second-order valence-corrected chi connectivity index (χ2v) is 2.81. The highest BCUT2D eigenvalue weighted by atomic mass is 16.1. The molecule has 1 aromatic carbocycles. The standard InChI is InChI=1S/C10H10N2O/c1-7(12)10(13)9-5-3-2-4-8(9)6-11/h2-5,7H,12H2,1H3. The van der Waals surface area contributed by atoms with Crippen molar-refractivity contribution in [2.24, 2.45) is 5.73 Å². The van der Waals surface area contributed by atoms with E-state index in [0.29, 0.717) is 11.1 Å². The number of nitriles is 1. The van der Waals surface area contributed by atoms with Gasteiger partial charge in [-0.1, -0.05) is 18.2 Å². The van der Waals surface area contributed by atoms with Crippen LogP contribution in [0.15, 0.2) is 24.3 Å². The van der Waals surface area contributed by atoms with E-state index >= 15 is 0 Å². The Morgan fingerprint density at radius 3 is 2.69 bits per heavy atom. The molecule has 3 nitrogen and oxygen atoms in total. The Morgan fingerprint density at radius 2 is 2.15 bits per heavy atom. The molecule has 0 spiro atoms. The van der Waals surface area contributed by atoms with Crippen molar-refractivity contribution in [1.82, 2.24) is 0 Å². The number of benzene rings is 1. The maximum Gasteiger partial charge on any atom is 0.180 e. The Balaban J connectivity index is 3.15. The third-order valence-electron chi connectivity index (χ3n) is 1.73. The van der Waals surface area contributed by atoms with Crippen LogP contribution in [-0.2, 0) is 0 Å². The zero-order chi connectivity index (χ0) is 9.84. The molecule has 0 aromatic heterocycles. The molecule has 13 heavy (non-hydrogen) atoms. The minimum Gasteiger partial charge on any atom is -0.321 e. The molecule has 0 fully saturated rings. The Kier molecular flexibility index (Phi) is 2.78. The van der Waals surface area contributed by atoms with Crippen LogP contribution in [0.3, 0.4) is 0 Å². The number of rotatable bonds is 2. The summed E-state index contributed by atoms with van der Waals surface area (Å²) in [6, 6.07) is 8.05. The van der Waals surface area contributed by atoms with Crippen molar-refractivity contribution < 1.29 is 4.79 Å². The monoisotopic (exact) mass is 174 g/mol. The summed E-state index contributed by atoms with van der Waals surface area (Å²) in [5.74, 6) is -0.197. The van der Waals surface area contributed by atoms with Gasteiger partial charge < -0.3 is 5.73 Å². The molecular formula is C10H10N2O. The van der Waals surface area contributed by atoms with Crippen LogP contribution in [0.2, 0.25) is 0 Å². The van der Waals surface area contributed by atoms with Gasteiger partial charge in [-0.2, -0.15) is 5.26 Å². The molecule has 0 saturated heterocycles. The molecule has 1 unspecified atom stereocenters. The van der Waals surface area contributed by atoms with Gasteiger partial charge in [0.15, 0.2) is 5.78 Å². The molecule has 66 valence electrons. The first-order chi connectivity index (χ1) is 6.16. The fourth-order valence-corrected chi connectivity index (χ4v) is 1.04. The summed E-state index contributed by atoms with van der Waals surface area (Å²) in [5.41, 5.74) is 6.21. The number of nitrogens with zero attached hydrogens (tertiary/aromatic N) is 1. The van der Waals surface area contributed by atoms with Gasteiger partial charge in [-0.15, -0.1) is 0 Å². The molecule has 1 atom stereocenters. The lowest BCUT2D eigenvalue weighted by molar-refractivity contribution is 0.0967. The summed E-state index contributed by atoms with van der Waals surface area (Å²) in [7, 11) is 0. The second kappa shape index (κ2) is 3.83. The summed E-state index contributed by atoms with van der Waals surface area (Å²) in [4.78, 5) is 11.4. The van der Waals surface area contributed by atoms with E-state index in [4.69, 9.17) is 11.0 Å². The third-order valence-corrected chi connectivity index (χ3v) is 1.73. The average Bonchev–Trinajstić information content (AvgIpc) is 2.16. The van der Waals surface area contributed by atoms with Crippen LogP contribution < -0.4 is 5.73 Å².